The van der Waals surface area contributed by atoms with Crippen LogP contribution in [-0.2, 0) is 12.7 Å². The first-order valence-electron chi connectivity index (χ1n) is 6.19. The maximum absolute atomic E-state index is 13.4. The van der Waals surface area contributed by atoms with Crippen molar-refractivity contribution in [3.05, 3.63) is 63.5 Å². The highest BCUT2D eigenvalue weighted by atomic mass is 35.5. The molecule has 0 unspecified atom stereocenters. The molecule has 2 rings (SSSR count). The van der Waals surface area contributed by atoms with Crippen LogP contribution in [0.3, 0.4) is 0 Å². The van der Waals surface area contributed by atoms with E-state index < -0.39 is 23.5 Å². The van der Waals surface area contributed by atoms with Crippen LogP contribution in [0.1, 0.15) is 21.5 Å². The van der Waals surface area contributed by atoms with E-state index in [9.17, 15) is 22.4 Å². The highest BCUT2D eigenvalue weighted by molar-refractivity contribution is 6.30. The van der Waals surface area contributed by atoms with Crippen LogP contribution in [0.25, 0.3) is 0 Å². The van der Waals surface area contributed by atoms with Gasteiger partial charge in [-0.15, -0.1) is 0 Å². The Balaban J connectivity index is 2.50. The van der Waals surface area contributed by atoms with Crippen molar-refractivity contribution in [2.75, 3.05) is 0 Å². The summed E-state index contributed by atoms with van der Waals surface area (Å²) in [5.41, 5.74) is 3.41. The van der Waals surface area contributed by atoms with Crippen LogP contribution in [-0.4, -0.2) is 10.5 Å². The van der Waals surface area contributed by atoms with Crippen molar-refractivity contribution in [1.82, 2.24) is 4.57 Å². The average Bonchev–Trinajstić information content (AvgIpc) is 2.40. The number of carbonyl (C=O) groups is 1. The third-order valence-corrected chi connectivity index (χ3v) is 3.21. The SMILES string of the molecule is N=c1c(C(N)=O)cc(Cl)cn1Cc1cc(F)cc(C(F)(F)F)c1. The number of aromatic nitrogens is 1. The van der Waals surface area contributed by atoms with Gasteiger partial charge in [-0.25, -0.2) is 4.39 Å². The fraction of sp³-hybridized carbons (Fsp3) is 0.143. The molecule has 0 saturated carbocycles. The first-order valence-corrected chi connectivity index (χ1v) is 6.57. The minimum atomic E-state index is -4.70. The number of halogens is 5. The number of nitrogens with two attached hydrogens (primary N) is 1. The zero-order valence-electron chi connectivity index (χ0n) is 11.4. The van der Waals surface area contributed by atoms with Gasteiger partial charge in [0.15, 0.2) is 0 Å². The molecule has 122 valence electrons. The summed E-state index contributed by atoms with van der Waals surface area (Å²) in [5, 5.41) is 7.91. The van der Waals surface area contributed by atoms with Crippen molar-refractivity contribution in [2.45, 2.75) is 12.7 Å². The Kier molecular flexibility index (Phi) is 4.46. The number of nitrogens with zero attached hydrogens (tertiary/aromatic N) is 1. The largest absolute Gasteiger partial charge is 0.416 e. The maximum atomic E-state index is 13.4. The second kappa shape index (κ2) is 6.04. The third-order valence-electron chi connectivity index (χ3n) is 3.01. The molecule has 0 bridgehead atoms. The molecular weight excluding hydrogens is 338 g/mol. The highest BCUT2D eigenvalue weighted by Gasteiger charge is 2.31. The normalized spacial score (nSPS) is 11.5. The molecule has 9 heteroatoms. The van der Waals surface area contributed by atoms with E-state index in [1.165, 1.54) is 12.3 Å². The Morgan fingerprint density at radius 2 is 1.91 bits per heavy atom. The fourth-order valence-corrected chi connectivity index (χ4v) is 2.25. The van der Waals surface area contributed by atoms with E-state index in [0.717, 1.165) is 16.7 Å². The minimum absolute atomic E-state index is 0.0338. The van der Waals surface area contributed by atoms with Crippen molar-refractivity contribution in [3.63, 3.8) is 0 Å². The van der Waals surface area contributed by atoms with Gasteiger partial charge in [0.2, 0.25) is 0 Å². The molecule has 0 radical (unpaired) electrons. The van der Waals surface area contributed by atoms with Gasteiger partial charge in [-0.05, 0) is 29.8 Å². The average molecular weight is 348 g/mol. The molecule has 1 aromatic carbocycles. The van der Waals surface area contributed by atoms with Crippen LogP contribution in [0.4, 0.5) is 17.6 Å². The topological polar surface area (TPSA) is 71.9 Å². The first-order chi connectivity index (χ1) is 10.6. The Labute approximate surface area is 132 Å². The first kappa shape index (κ1) is 17.0. The summed E-state index contributed by atoms with van der Waals surface area (Å²) in [5.74, 6) is -1.96. The second-order valence-electron chi connectivity index (χ2n) is 4.76. The van der Waals surface area contributed by atoms with Gasteiger partial charge < -0.3 is 10.3 Å². The van der Waals surface area contributed by atoms with E-state index in [1.807, 2.05) is 0 Å². The molecule has 0 atom stereocenters. The van der Waals surface area contributed by atoms with E-state index in [-0.39, 0.29) is 28.2 Å². The van der Waals surface area contributed by atoms with Gasteiger partial charge in [-0.2, -0.15) is 13.2 Å². The van der Waals surface area contributed by atoms with Crippen LogP contribution in [0.15, 0.2) is 30.5 Å². The van der Waals surface area contributed by atoms with Crippen molar-refractivity contribution in [2.24, 2.45) is 5.73 Å². The summed E-state index contributed by atoms with van der Waals surface area (Å²) < 4.78 is 52.6. The van der Waals surface area contributed by atoms with Crippen molar-refractivity contribution < 1.29 is 22.4 Å². The number of pyridine rings is 1. The van der Waals surface area contributed by atoms with Crippen LogP contribution < -0.4 is 11.2 Å². The number of primary amides is 1. The van der Waals surface area contributed by atoms with Gasteiger partial charge in [0.1, 0.15) is 11.3 Å². The van der Waals surface area contributed by atoms with Gasteiger partial charge in [-0.1, -0.05) is 11.6 Å². The number of hydrogen-bond acceptors (Lipinski definition) is 2. The van der Waals surface area contributed by atoms with Gasteiger partial charge in [-0.3, -0.25) is 10.2 Å². The number of benzene rings is 1. The molecule has 0 aliphatic rings. The van der Waals surface area contributed by atoms with Crippen LogP contribution in [0, 0.1) is 11.2 Å². The van der Waals surface area contributed by atoms with Crippen LogP contribution in [0.5, 0.6) is 0 Å². The van der Waals surface area contributed by atoms with E-state index in [1.54, 1.807) is 0 Å². The number of alkyl halides is 3. The lowest BCUT2D eigenvalue weighted by atomic mass is 10.1. The quantitative estimate of drug-likeness (QED) is 0.823. The Morgan fingerprint density at radius 3 is 2.48 bits per heavy atom. The number of nitrogens with one attached hydrogen (secondary N) is 1. The molecule has 0 aliphatic carbocycles. The lowest BCUT2D eigenvalue weighted by Crippen LogP contribution is -2.29. The number of carbonyl (C=O) groups excluding carboxylic acids is 1. The second-order valence-corrected chi connectivity index (χ2v) is 5.20. The molecule has 0 spiro atoms. The zero-order valence-corrected chi connectivity index (χ0v) is 12.2. The number of amides is 1. The van der Waals surface area contributed by atoms with Gasteiger partial charge in [0.25, 0.3) is 5.91 Å². The molecule has 1 aromatic heterocycles. The Morgan fingerprint density at radius 1 is 1.26 bits per heavy atom. The van der Waals surface area contributed by atoms with Gasteiger partial charge >= 0.3 is 6.18 Å². The van der Waals surface area contributed by atoms with E-state index in [4.69, 9.17) is 22.7 Å². The summed E-state index contributed by atoms with van der Waals surface area (Å²) in [6.45, 7) is -0.277. The van der Waals surface area contributed by atoms with Crippen LogP contribution >= 0.6 is 11.6 Å². The standard InChI is InChI=1S/C14H10ClF4N3O/c15-9-4-11(13(21)23)12(20)22(6-9)5-7-1-8(14(17,18)19)3-10(16)2-7/h1-4,6,20H,5H2,(H2,21,23). The molecule has 4 nitrogen and oxygen atoms in total. The van der Waals surface area contributed by atoms with Crippen molar-refractivity contribution >= 4 is 17.5 Å². The lowest BCUT2D eigenvalue weighted by Gasteiger charge is -2.12. The lowest BCUT2D eigenvalue weighted by molar-refractivity contribution is -0.137. The van der Waals surface area contributed by atoms with E-state index >= 15 is 0 Å². The molecule has 0 fully saturated rings. The van der Waals surface area contributed by atoms with Gasteiger partial charge in [0.05, 0.1) is 16.1 Å². The summed E-state index contributed by atoms with van der Waals surface area (Å²) in [7, 11) is 0. The molecule has 0 aliphatic heterocycles. The molecule has 1 heterocycles. The molecule has 0 saturated heterocycles. The van der Waals surface area contributed by atoms with Crippen LogP contribution in [0.2, 0.25) is 5.02 Å². The summed E-state index contributed by atoms with van der Waals surface area (Å²) in [4.78, 5) is 11.2. The monoisotopic (exact) mass is 347 g/mol. The molecule has 1 amide bonds. The molecule has 2 aromatic rings. The Hall–Kier alpha value is -2.35. The third kappa shape index (κ3) is 3.89. The summed E-state index contributed by atoms with van der Waals surface area (Å²) >= 11 is 5.80. The zero-order chi connectivity index (χ0) is 17.4. The van der Waals surface area contributed by atoms with E-state index in [2.05, 4.69) is 0 Å². The highest BCUT2D eigenvalue weighted by Crippen LogP contribution is 2.30. The number of rotatable bonds is 3. The smallest absolute Gasteiger partial charge is 0.365 e. The summed E-state index contributed by atoms with van der Waals surface area (Å²) in [6, 6.07) is 3.23. The molecule has 23 heavy (non-hydrogen) atoms. The fourth-order valence-electron chi connectivity index (χ4n) is 2.03. The van der Waals surface area contributed by atoms with Gasteiger partial charge in [0, 0.05) is 12.7 Å². The predicted molar refractivity (Wildman–Crippen MR) is 74.3 cm³/mol. The maximum Gasteiger partial charge on any atom is 0.416 e. The minimum Gasteiger partial charge on any atom is -0.365 e. The van der Waals surface area contributed by atoms with E-state index in [0.29, 0.717) is 6.07 Å². The molecular formula is C14H10ClF4N3O. The van der Waals surface area contributed by atoms with Crippen molar-refractivity contribution in [3.8, 4) is 0 Å². The number of hydrogen-bond donors (Lipinski definition) is 2. The predicted octanol–water partition coefficient (Wildman–Crippen LogP) is 2.93. The van der Waals surface area contributed by atoms with Crippen molar-refractivity contribution in [1.29, 1.82) is 5.41 Å². The molecule has 3 N–H and O–H groups in total. The summed E-state index contributed by atoms with van der Waals surface area (Å²) in [6.07, 6.45) is -3.45. The Bertz CT molecular complexity index is 830.